The number of pyridine rings is 1. The zero-order valence-corrected chi connectivity index (χ0v) is 12.5. The monoisotopic (exact) mass is 371 g/mol. The van der Waals surface area contributed by atoms with Gasteiger partial charge in [0, 0.05) is 10.8 Å². The van der Waals surface area contributed by atoms with Crippen LogP contribution in [-0.4, -0.2) is 18.5 Å². The standard InChI is InChI=1S/C10H9BrN.CHF3O3S/c1-12-6-8-4-2-3-5-9(8)10(11)7-12;2-1(3,4)8(5,6)7/h2-7H,1H3;(H,5,6,7)/q+1;/p-1. The van der Waals surface area contributed by atoms with Gasteiger partial charge in [-0.15, -0.1) is 0 Å². The van der Waals surface area contributed by atoms with Crippen molar-refractivity contribution < 1.29 is 30.7 Å². The topological polar surface area (TPSA) is 61.1 Å². The van der Waals surface area contributed by atoms with Gasteiger partial charge in [0.2, 0.25) is 0 Å². The third kappa shape index (κ3) is 4.43. The number of nitrogens with zero attached hydrogens (tertiary/aromatic N) is 1. The van der Waals surface area contributed by atoms with Gasteiger partial charge in [0.1, 0.15) is 7.05 Å². The van der Waals surface area contributed by atoms with E-state index in [0.29, 0.717) is 0 Å². The zero-order chi connectivity index (χ0) is 15.6. The van der Waals surface area contributed by atoms with Crippen LogP contribution < -0.4 is 4.57 Å². The van der Waals surface area contributed by atoms with E-state index in [1.54, 1.807) is 0 Å². The zero-order valence-electron chi connectivity index (χ0n) is 10.1. The largest absolute Gasteiger partial charge is 0.741 e. The molecule has 0 radical (unpaired) electrons. The summed E-state index contributed by atoms with van der Waals surface area (Å²) in [4.78, 5) is 0. The summed E-state index contributed by atoms with van der Waals surface area (Å²) >= 11 is 3.53. The van der Waals surface area contributed by atoms with Gasteiger partial charge in [-0.2, -0.15) is 13.2 Å². The first-order chi connectivity index (χ1) is 9.02. The minimum atomic E-state index is -6.09. The number of aromatic nitrogens is 1. The fourth-order valence-corrected chi connectivity index (χ4v) is 2.02. The molecule has 2 aromatic rings. The van der Waals surface area contributed by atoms with Gasteiger partial charge in [-0.3, -0.25) is 0 Å². The van der Waals surface area contributed by atoms with Gasteiger partial charge < -0.3 is 4.55 Å². The highest BCUT2D eigenvalue weighted by Gasteiger charge is 2.36. The predicted octanol–water partition coefficient (Wildman–Crippen LogP) is 2.48. The SMILES string of the molecule is C[n+]1cc(Br)c2ccccc2c1.O=S(=O)([O-])C(F)(F)F. The quantitative estimate of drug-likeness (QED) is 0.406. The summed E-state index contributed by atoms with van der Waals surface area (Å²) in [6, 6.07) is 8.32. The third-order valence-corrected chi connectivity index (χ3v) is 3.36. The molecule has 0 aliphatic heterocycles. The normalized spacial score (nSPS) is 11.9. The molecule has 2 rings (SSSR count). The van der Waals surface area contributed by atoms with Crippen LogP contribution in [-0.2, 0) is 17.2 Å². The smallest absolute Gasteiger partial charge is 0.485 e. The highest BCUT2D eigenvalue weighted by Crippen LogP contribution is 2.21. The van der Waals surface area contributed by atoms with Crippen LogP contribution in [0.2, 0.25) is 0 Å². The van der Waals surface area contributed by atoms with Gasteiger partial charge in [-0.05, 0) is 22.0 Å². The first kappa shape index (κ1) is 16.9. The van der Waals surface area contributed by atoms with Crippen LogP contribution in [0, 0.1) is 0 Å². The molecule has 20 heavy (non-hydrogen) atoms. The number of hydrogen-bond donors (Lipinski definition) is 0. The minimum Gasteiger partial charge on any atom is -0.741 e. The number of rotatable bonds is 0. The van der Waals surface area contributed by atoms with Crippen LogP contribution >= 0.6 is 15.9 Å². The van der Waals surface area contributed by atoms with Crippen molar-refractivity contribution in [3.8, 4) is 0 Å². The molecule has 1 aromatic carbocycles. The molecule has 110 valence electrons. The second-order valence-electron chi connectivity index (χ2n) is 3.76. The van der Waals surface area contributed by atoms with Gasteiger partial charge in [0.15, 0.2) is 22.5 Å². The molecule has 1 heterocycles. The Balaban J connectivity index is 0.000000221. The van der Waals surface area contributed by atoms with Crippen molar-refractivity contribution >= 4 is 36.8 Å². The molecule has 0 saturated heterocycles. The Morgan fingerprint density at radius 2 is 1.70 bits per heavy atom. The highest BCUT2D eigenvalue weighted by atomic mass is 79.9. The maximum atomic E-state index is 10.7. The van der Waals surface area contributed by atoms with Crippen molar-refractivity contribution in [2.24, 2.45) is 7.05 Å². The first-order valence-corrected chi connectivity index (χ1v) is 7.28. The molecule has 1 aromatic heterocycles. The number of benzene rings is 1. The van der Waals surface area contributed by atoms with Crippen molar-refractivity contribution in [1.82, 2.24) is 0 Å². The molecular formula is C11H9BrF3NO3S. The Kier molecular flexibility index (Phi) is 5.11. The molecule has 4 nitrogen and oxygen atoms in total. The Hall–Kier alpha value is -1.19. The lowest BCUT2D eigenvalue weighted by atomic mass is 10.2. The van der Waals surface area contributed by atoms with Crippen LogP contribution in [0.25, 0.3) is 10.8 Å². The summed E-state index contributed by atoms with van der Waals surface area (Å²) in [6.45, 7) is 0. The van der Waals surface area contributed by atoms with E-state index in [9.17, 15) is 13.2 Å². The van der Waals surface area contributed by atoms with Crippen molar-refractivity contribution in [3.63, 3.8) is 0 Å². The van der Waals surface area contributed by atoms with E-state index >= 15 is 0 Å². The third-order valence-electron chi connectivity index (χ3n) is 2.16. The molecule has 9 heteroatoms. The van der Waals surface area contributed by atoms with E-state index < -0.39 is 15.6 Å². The van der Waals surface area contributed by atoms with E-state index in [2.05, 4.69) is 46.5 Å². The lowest BCUT2D eigenvalue weighted by Crippen LogP contribution is -2.26. The lowest BCUT2D eigenvalue weighted by Gasteiger charge is -2.08. The second kappa shape index (κ2) is 6.06. The Morgan fingerprint density at radius 3 is 2.20 bits per heavy atom. The summed E-state index contributed by atoms with van der Waals surface area (Å²) in [5, 5.41) is 2.52. The number of fused-ring (bicyclic) bond motifs is 1. The molecule has 0 atom stereocenters. The fourth-order valence-electron chi connectivity index (χ4n) is 1.33. The van der Waals surface area contributed by atoms with Crippen LogP contribution in [0.1, 0.15) is 0 Å². The van der Waals surface area contributed by atoms with E-state index in [1.165, 1.54) is 10.8 Å². The molecular weight excluding hydrogens is 363 g/mol. The van der Waals surface area contributed by atoms with Gasteiger partial charge in [-0.1, -0.05) is 18.2 Å². The summed E-state index contributed by atoms with van der Waals surface area (Å²) in [5.74, 6) is 0. The van der Waals surface area contributed by atoms with Crippen LogP contribution in [0.4, 0.5) is 13.2 Å². The average Bonchev–Trinajstić information content (AvgIpc) is 2.26. The number of hydrogen-bond acceptors (Lipinski definition) is 3. The molecule has 0 unspecified atom stereocenters. The number of halogens is 4. The molecule has 0 amide bonds. The first-order valence-electron chi connectivity index (χ1n) is 5.08. The molecule has 0 N–H and O–H groups in total. The van der Waals surface area contributed by atoms with E-state index in [1.807, 2.05) is 17.7 Å². The molecule has 0 saturated carbocycles. The molecule has 0 aliphatic carbocycles. The molecule has 0 bridgehead atoms. The van der Waals surface area contributed by atoms with Crippen molar-refractivity contribution in [1.29, 1.82) is 0 Å². The highest BCUT2D eigenvalue weighted by molar-refractivity contribution is 9.10. The predicted molar refractivity (Wildman–Crippen MR) is 68.6 cm³/mol. The second-order valence-corrected chi connectivity index (χ2v) is 5.98. The van der Waals surface area contributed by atoms with E-state index in [0.717, 1.165) is 4.47 Å². The van der Waals surface area contributed by atoms with Crippen LogP contribution in [0.5, 0.6) is 0 Å². The number of aryl methyl sites for hydroxylation is 1. The van der Waals surface area contributed by atoms with Gasteiger partial charge in [0.05, 0.1) is 4.47 Å². The van der Waals surface area contributed by atoms with Gasteiger partial charge in [0.25, 0.3) is 0 Å². The van der Waals surface area contributed by atoms with Crippen LogP contribution in [0.3, 0.4) is 0 Å². The minimum absolute atomic E-state index is 1.14. The van der Waals surface area contributed by atoms with Crippen molar-refractivity contribution in [3.05, 3.63) is 41.1 Å². The van der Waals surface area contributed by atoms with Crippen molar-refractivity contribution in [2.45, 2.75) is 5.51 Å². The molecule has 0 spiro atoms. The maximum absolute atomic E-state index is 10.7. The molecule has 0 fully saturated rings. The maximum Gasteiger partial charge on any atom is 0.485 e. The number of alkyl halides is 3. The average molecular weight is 372 g/mol. The Bertz CT molecular complexity index is 716. The summed E-state index contributed by atoms with van der Waals surface area (Å²) in [6.07, 6.45) is 4.17. The van der Waals surface area contributed by atoms with Gasteiger partial charge in [-0.25, -0.2) is 13.0 Å². The molecule has 0 aliphatic rings. The van der Waals surface area contributed by atoms with Crippen LogP contribution in [0.15, 0.2) is 41.1 Å². The lowest BCUT2D eigenvalue weighted by molar-refractivity contribution is -0.670. The van der Waals surface area contributed by atoms with Gasteiger partial charge >= 0.3 is 5.51 Å². The Morgan fingerprint density at radius 1 is 1.20 bits per heavy atom. The summed E-state index contributed by atoms with van der Waals surface area (Å²) in [7, 11) is -4.07. The Labute approximate surface area is 121 Å². The van der Waals surface area contributed by atoms with Crippen molar-refractivity contribution in [2.75, 3.05) is 0 Å². The summed E-state index contributed by atoms with van der Waals surface area (Å²) < 4.78 is 62.1. The van der Waals surface area contributed by atoms with E-state index in [4.69, 9.17) is 13.0 Å². The fraction of sp³-hybridized carbons (Fsp3) is 0.182. The summed E-state index contributed by atoms with van der Waals surface area (Å²) in [5.41, 5.74) is -5.65. The van der Waals surface area contributed by atoms with E-state index in [-0.39, 0.29) is 0 Å².